The molecule has 0 radical (unpaired) electrons. The Morgan fingerprint density at radius 3 is 2.24 bits per heavy atom. The van der Waals surface area contributed by atoms with Gasteiger partial charge >= 0.3 is 5.97 Å². The summed E-state index contributed by atoms with van der Waals surface area (Å²) >= 11 is 5.66. The lowest BCUT2D eigenvalue weighted by Gasteiger charge is -2.03. The fourth-order valence-corrected chi connectivity index (χ4v) is 3.25. The van der Waals surface area contributed by atoms with Crippen molar-refractivity contribution in [1.29, 1.82) is 0 Å². The molecule has 1 aromatic heterocycles. The van der Waals surface area contributed by atoms with Crippen LogP contribution in [-0.2, 0) is 16.0 Å². The molecule has 1 heterocycles. The van der Waals surface area contributed by atoms with E-state index in [4.69, 9.17) is 20.8 Å². The molecule has 4 nitrogen and oxygen atoms in total. The maximum atomic E-state index is 12.0. The van der Waals surface area contributed by atoms with Gasteiger partial charge < -0.3 is 9.15 Å². The van der Waals surface area contributed by atoms with Crippen molar-refractivity contribution in [1.82, 2.24) is 4.98 Å². The number of ether oxygens (including phenoxy) is 1. The van der Waals surface area contributed by atoms with Gasteiger partial charge in [-0.05, 0) is 12.8 Å². The number of hydrogen-bond donors (Lipinski definition) is 0. The zero-order valence-electron chi connectivity index (χ0n) is 16.5. The molecule has 2 aromatic carbocycles. The highest BCUT2D eigenvalue weighted by Gasteiger charge is 2.17. The fraction of sp³-hybridized carbons (Fsp3) is 0.333. The third-order valence-corrected chi connectivity index (χ3v) is 4.86. The van der Waals surface area contributed by atoms with Crippen molar-refractivity contribution in [3.05, 3.63) is 66.6 Å². The highest BCUT2D eigenvalue weighted by Crippen LogP contribution is 2.32. The van der Waals surface area contributed by atoms with Gasteiger partial charge in [-0.1, -0.05) is 73.5 Å². The van der Waals surface area contributed by atoms with Crippen LogP contribution in [0.2, 0.25) is 0 Å². The zero-order chi connectivity index (χ0) is 20.3. The molecule has 0 aliphatic rings. The second-order valence-electron chi connectivity index (χ2n) is 6.84. The molecule has 5 heteroatoms. The lowest BCUT2D eigenvalue weighted by Crippen LogP contribution is -2.07. The number of unbranched alkanes of at least 4 members (excludes halogenated alkanes) is 3. The predicted octanol–water partition coefficient (Wildman–Crippen LogP) is 6.28. The van der Waals surface area contributed by atoms with Crippen molar-refractivity contribution in [2.75, 3.05) is 12.5 Å². The minimum absolute atomic E-state index is 0.219. The van der Waals surface area contributed by atoms with Gasteiger partial charge in [-0.3, -0.25) is 4.79 Å². The van der Waals surface area contributed by atoms with Crippen molar-refractivity contribution in [2.45, 2.75) is 38.5 Å². The number of esters is 1. The zero-order valence-corrected chi connectivity index (χ0v) is 17.2. The smallest absolute Gasteiger partial charge is 0.306 e. The first-order valence-electron chi connectivity index (χ1n) is 10.1. The highest BCUT2D eigenvalue weighted by molar-refractivity contribution is 6.17. The molecule has 29 heavy (non-hydrogen) atoms. The van der Waals surface area contributed by atoms with Crippen LogP contribution in [-0.4, -0.2) is 23.4 Å². The molecule has 152 valence electrons. The summed E-state index contributed by atoms with van der Waals surface area (Å²) in [6.45, 7) is 0.456. The predicted molar refractivity (Wildman–Crippen MR) is 116 cm³/mol. The minimum atomic E-state index is -0.219. The maximum Gasteiger partial charge on any atom is 0.306 e. The quantitative estimate of drug-likeness (QED) is 0.211. The van der Waals surface area contributed by atoms with Crippen LogP contribution < -0.4 is 0 Å². The van der Waals surface area contributed by atoms with Gasteiger partial charge in [0.15, 0.2) is 11.7 Å². The number of nitrogens with zero attached hydrogens (tertiary/aromatic N) is 1. The molecular weight excluding hydrogens is 386 g/mol. The van der Waals surface area contributed by atoms with Crippen molar-refractivity contribution < 1.29 is 13.9 Å². The second-order valence-corrected chi connectivity index (χ2v) is 7.22. The van der Waals surface area contributed by atoms with Gasteiger partial charge in [-0.25, -0.2) is 4.98 Å². The summed E-state index contributed by atoms with van der Waals surface area (Å²) in [5.41, 5.74) is 2.74. The van der Waals surface area contributed by atoms with Gasteiger partial charge in [0.05, 0.1) is 13.0 Å². The number of aromatic nitrogens is 1. The Hall–Kier alpha value is -2.59. The monoisotopic (exact) mass is 411 g/mol. The van der Waals surface area contributed by atoms with Crippen LogP contribution in [0.1, 0.15) is 38.0 Å². The van der Waals surface area contributed by atoms with Crippen LogP contribution >= 0.6 is 11.6 Å². The van der Waals surface area contributed by atoms with E-state index in [2.05, 4.69) is 4.98 Å². The standard InChI is InChI=1S/C24H26ClNO3/c25-17-9-1-2-10-18-28-22(27)16-15-21-26-23(19-11-5-3-6-12-19)24(29-21)20-13-7-4-8-14-20/h3-8,11-14H,1-2,9-10,15-18H2. The van der Waals surface area contributed by atoms with Crippen LogP contribution in [0, 0.1) is 0 Å². The Labute approximate surface area is 176 Å². The second kappa shape index (κ2) is 11.4. The molecule has 0 unspecified atom stereocenters. The third kappa shape index (κ3) is 6.47. The summed E-state index contributed by atoms with van der Waals surface area (Å²) in [5.74, 6) is 1.73. The molecule has 0 atom stereocenters. The average molecular weight is 412 g/mol. The first kappa shape index (κ1) is 21.1. The fourth-order valence-electron chi connectivity index (χ4n) is 3.07. The van der Waals surface area contributed by atoms with E-state index in [1.807, 2.05) is 60.7 Å². The van der Waals surface area contributed by atoms with E-state index in [-0.39, 0.29) is 12.4 Å². The van der Waals surface area contributed by atoms with E-state index in [0.29, 0.717) is 24.8 Å². The van der Waals surface area contributed by atoms with E-state index >= 15 is 0 Å². The molecule has 3 rings (SSSR count). The average Bonchev–Trinajstić information content (AvgIpc) is 3.20. The summed E-state index contributed by atoms with van der Waals surface area (Å²) in [5, 5.41) is 0. The molecule has 0 spiro atoms. The van der Waals surface area contributed by atoms with E-state index < -0.39 is 0 Å². The van der Waals surface area contributed by atoms with Crippen LogP contribution in [0.25, 0.3) is 22.6 Å². The van der Waals surface area contributed by atoms with Gasteiger partial charge in [0, 0.05) is 23.4 Å². The summed E-state index contributed by atoms with van der Waals surface area (Å²) in [6, 6.07) is 19.8. The number of alkyl halides is 1. The van der Waals surface area contributed by atoms with Gasteiger partial charge in [0.25, 0.3) is 0 Å². The molecule has 0 fully saturated rings. The number of carbonyl (C=O) groups is 1. The third-order valence-electron chi connectivity index (χ3n) is 4.59. The number of carbonyl (C=O) groups excluding carboxylic acids is 1. The van der Waals surface area contributed by atoms with Crippen LogP contribution in [0.15, 0.2) is 65.1 Å². The van der Waals surface area contributed by atoms with Gasteiger partial charge in [0.1, 0.15) is 5.69 Å². The lowest BCUT2D eigenvalue weighted by molar-refractivity contribution is -0.143. The minimum Gasteiger partial charge on any atom is -0.466 e. The van der Waals surface area contributed by atoms with Crippen LogP contribution in [0.4, 0.5) is 0 Å². The van der Waals surface area contributed by atoms with Crippen LogP contribution in [0.3, 0.4) is 0 Å². The van der Waals surface area contributed by atoms with Crippen molar-refractivity contribution in [2.24, 2.45) is 0 Å². The molecule has 3 aromatic rings. The molecule has 0 saturated carbocycles. The van der Waals surface area contributed by atoms with E-state index in [0.717, 1.165) is 48.3 Å². The van der Waals surface area contributed by atoms with E-state index in [1.54, 1.807) is 0 Å². The molecule has 0 N–H and O–H groups in total. The maximum absolute atomic E-state index is 12.0. The Balaban J connectivity index is 1.62. The lowest BCUT2D eigenvalue weighted by atomic mass is 10.1. The largest absolute Gasteiger partial charge is 0.466 e. The van der Waals surface area contributed by atoms with Crippen molar-refractivity contribution in [3.63, 3.8) is 0 Å². The Bertz CT molecular complexity index is 821. The Morgan fingerprint density at radius 2 is 1.55 bits per heavy atom. The topological polar surface area (TPSA) is 52.3 Å². The van der Waals surface area contributed by atoms with Gasteiger partial charge in [0.2, 0.25) is 0 Å². The summed E-state index contributed by atoms with van der Waals surface area (Å²) < 4.78 is 11.4. The van der Waals surface area contributed by atoms with Gasteiger partial charge in [-0.15, -0.1) is 11.6 Å². The molecule has 0 aliphatic carbocycles. The molecular formula is C24H26ClNO3. The van der Waals surface area contributed by atoms with Crippen LogP contribution in [0.5, 0.6) is 0 Å². The van der Waals surface area contributed by atoms with Crippen molar-refractivity contribution >= 4 is 17.6 Å². The SMILES string of the molecule is O=C(CCc1nc(-c2ccccc2)c(-c2ccccc2)o1)OCCCCCCCl. The molecule has 0 aliphatic heterocycles. The number of aryl methyl sites for hydroxylation is 1. The molecule has 0 amide bonds. The number of rotatable bonds is 11. The normalized spacial score (nSPS) is 10.8. The number of oxazole rings is 1. The summed E-state index contributed by atoms with van der Waals surface area (Å²) in [6.07, 6.45) is 4.65. The first-order valence-corrected chi connectivity index (χ1v) is 10.6. The summed E-state index contributed by atoms with van der Waals surface area (Å²) in [4.78, 5) is 16.7. The van der Waals surface area contributed by atoms with E-state index in [9.17, 15) is 4.79 Å². The molecule has 0 saturated heterocycles. The Morgan fingerprint density at radius 1 is 0.897 bits per heavy atom. The van der Waals surface area contributed by atoms with Crippen molar-refractivity contribution in [3.8, 4) is 22.6 Å². The highest BCUT2D eigenvalue weighted by atomic mass is 35.5. The van der Waals surface area contributed by atoms with E-state index in [1.165, 1.54) is 0 Å². The molecule has 0 bridgehead atoms. The Kier molecular flexibility index (Phi) is 8.32. The number of benzene rings is 2. The summed E-state index contributed by atoms with van der Waals surface area (Å²) in [7, 11) is 0. The van der Waals surface area contributed by atoms with Gasteiger partial charge in [-0.2, -0.15) is 0 Å². The first-order chi connectivity index (χ1) is 14.3. The number of halogens is 1. The number of hydrogen-bond acceptors (Lipinski definition) is 4.